The highest BCUT2D eigenvalue weighted by molar-refractivity contribution is 5.91. The highest BCUT2D eigenvalue weighted by atomic mass is 16.7. The van der Waals surface area contributed by atoms with Crippen LogP contribution in [0.4, 0.5) is 11.5 Å². The molecule has 7 nitrogen and oxygen atoms in total. The van der Waals surface area contributed by atoms with Gasteiger partial charge in [0.1, 0.15) is 5.82 Å². The molecule has 1 amide bonds. The van der Waals surface area contributed by atoms with Gasteiger partial charge in [0, 0.05) is 6.54 Å². The highest BCUT2D eigenvalue weighted by Crippen LogP contribution is 2.32. The van der Waals surface area contributed by atoms with Gasteiger partial charge in [-0.3, -0.25) is 4.79 Å². The van der Waals surface area contributed by atoms with Crippen molar-refractivity contribution < 1.29 is 14.3 Å². The predicted molar refractivity (Wildman–Crippen MR) is 81.8 cm³/mol. The van der Waals surface area contributed by atoms with Crippen molar-refractivity contribution in [3.05, 3.63) is 42.1 Å². The SMILES string of the molecule is NCC(=O)Nc1ccc(NCc2ccc3c(c2)OCO3)nc1. The molecule has 1 aliphatic rings. The number of anilines is 2. The lowest BCUT2D eigenvalue weighted by Gasteiger charge is -2.08. The zero-order valence-corrected chi connectivity index (χ0v) is 11.8. The first-order chi connectivity index (χ1) is 10.7. The molecule has 7 heteroatoms. The van der Waals surface area contributed by atoms with E-state index in [1.54, 1.807) is 18.3 Å². The standard InChI is InChI=1S/C15H16N4O3/c16-6-15(20)19-11-2-4-14(18-8-11)17-7-10-1-3-12-13(5-10)22-9-21-12/h1-5,8H,6-7,9,16H2,(H,17,18)(H,19,20). The lowest BCUT2D eigenvalue weighted by molar-refractivity contribution is -0.114. The van der Waals surface area contributed by atoms with Crippen LogP contribution in [-0.4, -0.2) is 24.2 Å². The van der Waals surface area contributed by atoms with Crippen LogP contribution in [0.15, 0.2) is 36.5 Å². The summed E-state index contributed by atoms with van der Waals surface area (Å²) in [6, 6.07) is 9.35. The smallest absolute Gasteiger partial charge is 0.238 e. The van der Waals surface area contributed by atoms with Gasteiger partial charge in [0.2, 0.25) is 12.7 Å². The van der Waals surface area contributed by atoms with Gasteiger partial charge in [-0.15, -0.1) is 0 Å². The van der Waals surface area contributed by atoms with Gasteiger partial charge < -0.3 is 25.8 Å². The van der Waals surface area contributed by atoms with Crippen molar-refractivity contribution in [2.24, 2.45) is 5.73 Å². The molecule has 114 valence electrons. The second-order valence-corrected chi connectivity index (χ2v) is 4.73. The van der Waals surface area contributed by atoms with Crippen LogP contribution in [0.5, 0.6) is 11.5 Å². The molecule has 3 rings (SSSR count). The maximum atomic E-state index is 11.2. The number of amides is 1. The maximum Gasteiger partial charge on any atom is 0.238 e. The van der Waals surface area contributed by atoms with Crippen LogP contribution in [-0.2, 0) is 11.3 Å². The number of nitrogens with zero attached hydrogens (tertiary/aromatic N) is 1. The van der Waals surface area contributed by atoms with Crippen LogP contribution >= 0.6 is 0 Å². The second kappa shape index (κ2) is 6.31. The zero-order valence-electron chi connectivity index (χ0n) is 11.8. The monoisotopic (exact) mass is 300 g/mol. The Morgan fingerprint density at radius 1 is 1.23 bits per heavy atom. The van der Waals surface area contributed by atoms with Crippen molar-refractivity contribution in [2.75, 3.05) is 24.0 Å². The molecule has 0 radical (unpaired) electrons. The third-order valence-corrected chi connectivity index (χ3v) is 3.14. The average Bonchev–Trinajstić information content (AvgIpc) is 3.01. The first-order valence-corrected chi connectivity index (χ1v) is 6.83. The Labute approximate surface area is 127 Å². The van der Waals surface area contributed by atoms with E-state index < -0.39 is 0 Å². The molecular formula is C15H16N4O3. The van der Waals surface area contributed by atoms with E-state index in [2.05, 4.69) is 15.6 Å². The summed E-state index contributed by atoms with van der Waals surface area (Å²) in [6.07, 6.45) is 1.58. The number of hydrogen-bond donors (Lipinski definition) is 3. The third kappa shape index (κ3) is 3.26. The molecule has 0 fully saturated rings. The van der Waals surface area contributed by atoms with Gasteiger partial charge in [0.25, 0.3) is 0 Å². The molecule has 2 aromatic rings. The van der Waals surface area contributed by atoms with Gasteiger partial charge in [-0.1, -0.05) is 6.07 Å². The molecule has 22 heavy (non-hydrogen) atoms. The van der Waals surface area contributed by atoms with Crippen LogP contribution < -0.4 is 25.8 Å². The number of fused-ring (bicyclic) bond motifs is 1. The molecule has 0 saturated heterocycles. The van der Waals surface area contributed by atoms with E-state index in [0.717, 1.165) is 17.1 Å². The van der Waals surface area contributed by atoms with E-state index >= 15 is 0 Å². The first-order valence-electron chi connectivity index (χ1n) is 6.83. The lowest BCUT2D eigenvalue weighted by Crippen LogP contribution is -2.21. The molecule has 4 N–H and O–H groups in total. The highest BCUT2D eigenvalue weighted by Gasteiger charge is 2.12. The van der Waals surface area contributed by atoms with E-state index in [1.165, 1.54) is 0 Å². The van der Waals surface area contributed by atoms with Crippen LogP contribution in [0.1, 0.15) is 5.56 Å². The van der Waals surface area contributed by atoms with Gasteiger partial charge in [-0.2, -0.15) is 0 Å². The summed E-state index contributed by atoms with van der Waals surface area (Å²) in [6.45, 7) is 0.825. The Hall–Kier alpha value is -2.80. The van der Waals surface area contributed by atoms with E-state index in [9.17, 15) is 4.79 Å². The fraction of sp³-hybridized carbons (Fsp3) is 0.200. The number of nitrogens with one attached hydrogen (secondary N) is 2. The van der Waals surface area contributed by atoms with Crippen LogP contribution in [0, 0.1) is 0 Å². The number of pyridine rings is 1. The van der Waals surface area contributed by atoms with E-state index in [-0.39, 0.29) is 19.2 Å². The minimum absolute atomic E-state index is 0.0515. The second-order valence-electron chi connectivity index (χ2n) is 4.73. The van der Waals surface area contributed by atoms with Gasteiger partial charge >= 0.3 is 0 Å². The number of hydrogen-bond acceptors (Lipinski definition) is 6. The number of rotatable bonds is 5. The van der Waals surface area contributed by atoms with Crippen LogP contribution in [0.25, 0.3) is 0 Å². The van der Waals surface area contributed by atoms with Crippen molar-refractivity contribution in [1.29, 1.82) is 0 Å². The Morgan fingerprint density at radius 2 is 2.09 bits per heavy atom. The fourth-order valence-electron chi connectivity index (χ4n) is 2.03. The van der Waals surface area contributed by atoms with Crippen LogP contribution in [0.2, 0.25) is 0 Å². The largest absolute Gasteiger partial charge is 0.454 e. The molecule has 0 unspecified atom stereocenters. The Balaban J connectivity index is 1.58. The molecule has 2 heterocycles. The van der Waals surface area contributed by atoms with Crippen molar-refractivity contribution in [3.8, 4) is 11.5 Å². The topological polar surface area (TPSA) is 98.5 Å². The molecule has 1 aromatic heterocycles. The molecule has 1 aliphatic heterocycles. The Bertz CT molecular complexity index is 673. The Kier molecular flexibility index (Phi) is 4.06. The number of carbonyl (C=O) groups excluding carboxylic acids is 1. The number of aromatic nitrogens is 1. The number of benzene rings is 1. The van der Waals surface area contributed by atoms with Gasteiger partial charge in [0.05, 0.1) is 18.4 Å². The molecule has 0 spiro atoms. The normalized spacial score (nSPS) is 12.0. The van der Waals surface area contributed by atoms with Crippen LogP contribution in [0.3, 0.4) is 0 Å². The minimum Gasteiger partial charge on any atom is -0.454 e. The van der Waals surface area contributed by atoms with E-state index in [4.69, 9.17) is 15.2 Å². The number of carbonyl (C=O) groups is 1. The van der Waals surface area contributed by atoms with Crippen molar-refractivity contribution in [2.45, 2.75) is 6.54 Å². The molecular weight excluding hydrogens is 284 g/mol. The summed E-state index contributed by atoms with van der Waals surface area (Å²) in [5.74, 6) is 1.99. The summed E-state index contributed by atoms with van der Waals surface area (Å²) in [4.78, 5) is 15.4. The van der Waals surface area contributed by atoms with Gasteiger partial charge in [-0.05, 0) is 29.8 Å². The van der Waals surface area contributed by atoms with E-state index in [1.807, 2.05) is 18.2 Å². The minimum atomic E-state index is -0.247. The maximum absolute atomic E-state index is 11.2. The fourth-order valence-corrected chi connectivity index (χ4v) is 2.03. The summed E-state index contributed by atoms with van der Waals surface area (Å²) in [7, 11) is 0. The summed E-state index contributed by atoms with van der Waals surface area (Å²) < 4.78 is 10.6. The van der Waals surface area contributed by atoms with Crippen molar-refractivity contribution in [1.82, 2.24) is 4.98 Å². The summed E-state index contributed by atoms with van der Waals surface area (Å²) >= 11 is 0. The summed E-state index contributed by atoms with van der Waals surface area (Å²) in [5, 5.41) is 5.84. The van der Waals surface area contributed by atoms with Gasteiger partial charge in [0.15, 0.2) is 11.5 Å². The Morgan fingerprint density at radius 3 is 2.86 bits per heavy atom. The number of nitrogens with two attached hydrogens (primary N) is 1. The van der Waals surface area contributed by atoms with Crippen molar-refractivity contribution >= 4 is 17.4 Å². The molecule has 0 aliphatic carbocycles. The molecule has 0 atom stereocenters. The predicted octanol–water partition coefficient (Wildman–Crippen LogP) is 1.32. The zero-order chi connectivity index (χ0) is 15.4. The third-order valence-electron chi connectivity index (χ3n) is 3.14. The molecule has 0 saturated carbocycles. The quantitative estimate of drug-likeness (QED) is 0.770. The molecule has 0 bridgehead atoms. The summed E-state index contributed by atoms with van der Waals surface area (Å²) in [5.41, 5.74) is 6.91. The average molecular weight is 300 g/mol. The number of ether oxygens (including phenoxy) is 2. The lowest BCUT2D eigenvalue weighted by atomic mass is 10.2. The first kappa shape index (κ1) is 14.2. The van der Waals surface area contributed by atoms with Crippen molar-refractivity contribution in [3.63, 3.8) is 0 Å². The van der Waals surface area contributed by atoms with Gasteiger partial charge in [-0.25, -0.2) is 4.98 Å². The molecule has 1 aromatic carbocycles. The van der Waals surface area contributed by atoms with E-state index in [0.29, 0.717) is 18.1 Å².